The zero-order chi connectivity index (χ0) is 13.3. The fraction of sp³-hybridized carbons (Fsp3) is 0.375. The first-order valence-electron chi connectivity index (χ1n) is 6.91. The average molecular weight is 274 g/mol. The van der Waals surface area contributed by atoms with Crippen molar-refractivity contribution in [2.45, 2.75) is 24.2 Å². The van der Waals surface area contributed by atoms with Gasteiger partial charge in [-0.2, -0.15) is 0 Å². The Balaban J connectivity index is 1.69. The van der Waals surface area contributed by atoms with Crippen molar-refractivity contribution in [1.29, 1.82) is 0 Å². The predicted octanol–water partition coefficient (Wildman–Crippen LogP) is 3.92. The maximum absolute atomic E-state index is 5.89. The topological polar surface area (TPSA) is 29.3 Å². The van der Waals surface area contributed by atoms with Gasteiger partial charge in [-0.05, 0) is 43.7 Å². The van der Waals surface area contributed by atoms with Gasteiger partial charge < -0.3 is 10.6 Å². The van der Waals surface area contributed by atoms with Gasteiger partial charge in [0.2, 0.25) is 0 Å². The van der Waals surface area contributed by atoms with Crippen LogP contribution in [0.5, 0.6) is 0 Å². The van der Waals surface area contributed by atoms with Crippen molar-refractivity contribution in [1.82, 2.24) is 4.90 Å². The van der Waals surface area contributed by atoms with E-state index in [-0.39, 0.29) is 0 Å². The van der Waals surface area contributed by atoms with Crippen molar-refractivity contribution in [2.24, 2.45) is 0 Å². The van der Waals surface area contributed by atoms with Gasteiger partial charge in [0.25, 0.3) is 0 Å². The van der Waals surface area contributed by atoms with E-state index in [1.165, 1.54) is 32.4 Å². The van der Waals surface area contributed by atoms with Gasteiger partial charge >= 0.3 is 0 Å². The summed E-state index contributed by atoms with van der Waals surface area (Å²) < 4.78 is 0. The summed E-state index contributed by atoms with van der Waals surface area (Å²) >= 11 is 1.77. The molecule has 1 aliphatic rings. The zero-order valence-electron chi connectivity index (χ0n) is 11.3. The third-order valence-electron chi connectivity index (χ3n) is 3.19. The Kier molecular flexibility index (Phi) is 5.89. The van der Waals surface area contributed by atoms with E-state index in [1.807, 2.05) is 18.2 Å². The molecule has 2 N–H and O–H groups in total. The van der Waals surface area contributed by atoms with Crippen LogP contribution in [-0.2, 0) is 0 Å². The smallest absolute Gasteiger partial charge is 0.0452 e. The van der Waals surface area contributed by atoms with Gasteiger partial charge in [-0.15, -0.1) is 11.8 Å². The van der Waals surface area contributed by atoms with Crippen LogP contribution in [0.3, 0.4) is 0 Å². The lowest BCUT2D eigenvalue weighted by atomic mass is 10.1. The van der Waals surface area contributed by atoms with Gasteiger partial charge in [-0.1, -0.05) is 24.3 Å². The van der Waals surface area contributed by atoms with Crippen LogP contribution in [0, 0.1) is 0 Å². The van der Waals surface area contributed by atoms with Crippen molar-refractivity contribution in [2.75, 3.05) is 24.6 Å². The van der Waals surface area contributed by atoms with Crippen LogP contribution >= 0.6 is 11.8 Å². The number of nitrogens with zero attached hydrogens (tertiary/aromatic N) is 1. The standard InChI is InChI=1S/C16H22N2S/c17-15-9-3-4-10-16(15)19-14-8-2-7-13-18-11-5-1-6-12-18/h2-4,7-10,13H,1,5-6,11-12,14,17H2/b8-2+,13-7+. The van der Waals surface area contributed by atoms with Gasteiger partial charge in [0.05, 0.1) is 0 Å². The lowest BCUT2D eigenvalue weighted by Gasteiger charge is -2.24. The monoisotopic (exact) mass is 274 g/mol. The van der Waals surface area contributed by atoms with Crippen LogP contribution in [0.4, 0.5) is 5.69 Å². The van der Waals surface area contributed by atoms with Crippen molar-refractivity contribution < 1.29 is 0 Å². The number of likely N-dealkylation sites (tertiary alicyclic amines) is 1. The minimum Gasteiger partial charge on any atom is -0.398 e. The Hall–Kier alpha value is -1.35. The van der Waals surface area contributed by atoms with E-state index in [9.17, 15) is 0 Å². The van der Waals surface area contributed by atoms with E-state index in [0.29, 0.717) is 0 Å². The number of nitrogen functional groups attached to an aromatic ring is 1. The summed E-state index contributed by atoms with van der Waals surface area (Å²) in [6.45, 7) is 2.42. The van der Waals surface area contributed by atoms with Crippen molar-refractivity contribution in [3.05, 3.63) is 48.7 Å². The Labute approximate surface area is 120 Å². The van der Waals surface area contributed by atoms with Crippen LogP contribution < -0.4 is 5.73 Å². The normalized spacial score (nSPS) is 16.5. The second-order valence-corrected chi connectivity index (χ2v) is 5.78. The average Bonchev–Trinajstić information content (AvgIpc) is 2.45. The highest BCUT2D eigenvalue weighted by molar-refractivity contribution is 7.99. The molecule has 0 unspecified atom stereocenters. The lowest BCUT2D eigenvalue weighted by Crippen LogP contribution is -2.23. The molecule has 0 aliphatic carbocycles. The zero-order valence-corrected chi connectivity index (χ0v) is 12.1. The second kappa shape index (κ2) is 7.95. The van der Waals surface area contributed by atoms with Crippen molar-refractivity contribution >= 4 is 17.4 Å². The minimum absolute atomic E-state index is 0.866. The highest BCUT2D eigenvalue weighted by Gasteiger charge is 2.03. The SMILES string of the molecule is Nc1ccccc1SC/C=C/C=C/N1CCCCC1. The van der Waals surface area contributed by atoms with E-state index in [4.69, 9.17) is 5.73 Å². The first kappa shape index (κ1) is 14.1. The summed E-state index contributed by atoms with van der Waals surface area (Å²) in [5, 5.41) is 0. The Morgan fingerprint density at radius 3 is 2.68 bits per heavy atom. The Morgan fingerprint density at radius 1 is 1.11 bits per heavy atom. The molecule has 1 heterocycles. The molecule has 0 radical (unpaired) electrons. The summed E-state index contributed by atoms with van der Waals surface area (Å²) in [5.41, 5.74) is 6.76. The van der Waals surface area contributed by atoms with Gasteiger partial charge in [-0.3, -0.25) is 0 Å². The third-order valence-corrected chi connectivity index (χ3v) is 4.23. The molecule has 1 aromatic carbocycles. The molecule has 1 aromatic rings. The van der Waals surface area contributed by atoms with E-state index < -0.39 is 0 Å². The molecular formula is C16H22N2S. The number of para-hydroxylation sites is 1. The second-order valence-electron chi connectivity index (χ2n) is 4.72. The molecule has 1 saturated heterocycles. The summed E-state index contributed by atoms with van der Waals surface area (Å²) in [4.78, 5) is 3.56. The fourth-order valence-electron chi connectivity index (χ4n) is 2.12. The summed E-state index contributed by atoms with van der Waals surface area (Å²) in [6.07, 6.45) is 12.7. The van der Waals surface area contributed by atoms with Gasteiger partial charge in [0.1, 0.15) is 0 Å². The molecule has 2 nitrogen and oxygen atoms in total. The summed E-state index contributed by atoms with van der Waals surface area (Å²) in [6, 6.07) is 8.01. The van der Waals surface area contributed by atoms with Crippen LogP contribution in [0.25, 0.3) is 0 Å². The fourth-order valence-corrected chi connectivity index (χ4v) is 2.92. The maximum atomic E-state index is 5.89. The Morgan fingerprint density at radius 2 is 1.89 bits per heavy atom. The largest absolute Gasteiger partial charge is 0.398 e. The minimum atomic E-state index is 0.866. The number of benzene rings is 1. The molecule has 19 heavy (non-hydrogen) atoms. The van der Waals surface area contributed by atoms with Crippen molar-refractivity contribution in [3.63, 3.8) is 0 Å². The van der Waals surface area contributed by atoms with Gasteiger partial charge in [0.15, 0.2) is 0 Å². The molecular weight excluding hydrogens is 252 g/mol. The van der Waals surface area contributed by atoms with Crippen LogP contribution in [0.1, 0.15) is 19.3 Å². The molecule has 2 rings (SSSR count). The summed E-state index contributed by atoms with van der Waals surface area (Å²) in [5.74, 6) is 0.957. The number of hydrogen-bond acceptors (Lipinski definition) is 3. The van der Waals surface area contributed by atoms with E-state index >= 15 is 0 Å². The van der Waals surface area contributed by atoms with Crippen molar-refractivity contribution in [3.8, 4) is 0 Å². The van der Waals surface area contributed by atoms with Crippen LogP contribution in [0.15, 0.2) is 53.6 Å². The molecule has 0 aromatic heterocycles. The number of rotatable bonds is 5. The molecule has 0 atom stereocenters. The molecule has 0 amide bonds. The number of thioether (sulfide) groups is 1. The predicted molar refractivity (Wildman–Crippen MR) is 85.3 cm³/mol. The summed E-state index contributed by atoms with van der Waals surface area (Å²) in [7, 11) is 0. The Bertz CT molecular complexity index is 434. The van der Waals surface area contributed by atoms with Crippen LogP contribution in [0.2, 0.25) is 0 Å². The maximum Gasteiger partial charge on any atom is 0.0452 e. The lowest BCUT2D eigenvalue weighted by molar-refractivity contribution is 0.309. The van der Waals surface area contributed by atoms with Gasteiger partial charge in [-0.25, -0.2) is 0 Å². The number of anilines is 1. The van der Waals surface area contributed by atoms with Crippen LogP contribution in [-0.4, -0.2) is 23.7 Å². The number of allylic oxidation sites excluding steroid dienone is 2. The first-order valence-corrected chi connectivity index (χ1v) is 7.89. The quantitative estimate of drug-likeness (QED) is 0.501. The molecule has 3 heteroatoms. The molecule has 0 bridgehead atoms. The molecule has 0 saturated carbocycles. The highest BCUT2D eigenvalue weighted by Crippen LogP contribution is 2.24. The molecule has 102 valence electrons. The first-order chi connectivity index (χ1) is 9.36. The van der Waals surface area contributed by atoms with E-state index in [0.717, 1.165) is 16.3 Å². The van der Waals surface area contributed by atoms with E-state index in [2.05, 4.69) is 35.4 Å². The highest BCUT2D eigenvalue weighted by atomic mass is 32.2. The number of hydrogen-bond donors (Lipinski definition) is 1. The number of nitrogens with two attached hydrogens (primary N) is 1. The van der Waals surface area contributed by atoms with E-state index in [1.54, 1.807) is 11.8 Å². The molecule has 0 spiro atoms. The molecule has 1 fully saturated rings. The third kappa shape index (κ3) is 5.03. The number of piperidine rings is 1. The van der Waals surface area contributed by atoms with Gasteiger partial charge in [0, 0.05) is 29.4 Å². The molecule has 1 aliphatic heterocycles.